The van der Waals surface area contributed by atoms with E-state index < -0.39 is 50.0 Å². The number of nitrogens with two attached hydrogens (primary N) is 1. The molecule has 5 atom stereocenters. The van der Waals surface area contributed by atoms with E-state index in [0.717, 1.165) is 0 Å². The number of ether oxygens (including phenoxy) is 2. The Balaban J connectivity index is 1.73. The second-order valence-electron chi connectivity index (χ2n) is 5.61. The largest absolute Gasteiger partial charge is 0.369 e. The molecule has 0 amide bonds. The van der Waals surface area contributed by atoms with Crippen molar-refractivity contribution in [3.05, 3.63) is 10.4 Å². The lowest BCUT2D eigenvalue weighted by Crippen LogP contribution is -2.73. The van der Waals surface area contributed by atoms with E-state index in [1.165, 1.54) is 0 Å². The van der Waals surface area contributed by atoms with Crippen LogP contribution in [-0.2, 0) is 18.6 Å². The van der Waals surface area contributed by atoms with E-state index in [2.05, 4.69) is 20.6 Å². The van der Waals surface area contributed by atoms with Crippen LogP contribution < -0.4 is 21.9 Å². The first-order valence-electron chi connectivity index (χ1n) is 6.82. The Kier molecular flexibility index (Phi) is 3.22. The third-order valence-corrected chi connectivity index (χ3v) is 4.94. The number of nitrogens with zero attached hydrogens (tertiary/aromatic N) is 1. The number of hydrogen-bond donors (Lipinski definition) is 7. The maximum Gasteiger partial charge on any atom is 0.354 e. The summed E-state index contributed by atoms with van der Waals surface area (Å²) < 4.78 is 27.0. The molecule has 14 heteroatoms. The standard InChI is InChI=1S/C10H14N5O8P/c11-9-14-5-2(6(16)15-9)12-3-7(13-5)22-8-4(10(3,17)18)23-24(19,20)1-21-8/h3-4,7-8,12,17-18H,1H2,(H,19,20)(H4,11,13,14,15,16)/t3-,4+,7-,8+/m1/s1. The van der Waals surface area contributed by atoms with Crippen molar-refractivity contribution in [1.82, 2.24) is 9.97 Å². The first-order chi connectivity index (χ1) is 11.2. The molecule has 2 fully saturated rings. The van der Waals surface area contributed by atoms with E-state index in [1.807, 2.05) is 0 Å². The van der Waals surface area contributed by atoms with Crippen molar-refractivity contribution >= 4 is 25.0 Å². The van der Waals surface area contributed by atoms with Crippen molar-refractivity contribution in [2.24, 2.45) is 0 Å². The Bertz CT molecular complexity index is 798. The number of aliphatic hydroxyl groups is 2. The number of nitrogen functional groups attached to an aromatic ring is 1. The Morgan fingerprint density at radius 2 is 2.12 bits per heavy atom. The van der Waals surface area contributed by atoms with Crippen LogP contribution in [0.4, 0.5) is 17.5 Å². The number of fused-ring (bicyclic) bond motifs is 3. The zero-order chi connectivity index (χ0) is 17.3. The topological polar surface area (TPSA) is 201 Å². The van der Waals surface area contributed by atoms with Crippen LogP contribution in [0, 0.1) is 0 Å². The van der Waals surface area contributed by atoms with Crippen molar-refractivity contribution in [1.29, 1.82) is 0 Å². The number of hydrogen-bond acceptors (Lipinski definition) is 11. The number of nitrogens with one attached hydrogen (secondary N) is 3. The minimum atomic E-state index is -4.15. The van der Waals surface area contributed by atoms with Crippen LogP contribution in [0.2, 0.25) is 0 Å². The summed E-state index contributed by atoms with van der Waals surface area (Å²) in [7, 11) is -4.15. The van der Waals surface area contributed by atoms with Crippen molar-refractivity contribution in [3.8, 4) is 0 Å². The van der Waals surface area contributed by atoms with Gasteiger partial charge in [0.1, 0.15) is 11.7 Å². The predicted molar refractivity (Wildman–Crippen MR) is 76.8 cm³/mol. The van der Waals surface area contributed by atoms with Gasteiger partial charge in [0, 0.05) is 0 Å². The Labute approximate surface area is 133 Å². The van der Waals surface area contributed by atoms with Crippen LogP contribution in [-0.4, -0.2) is 61.9 Å². The lowest BCUT2D eigenvalue weighted by Gasteiger charge is -2.52. The third-order valence-electron chi connectivity index (χ3n) is 3.90. The molecule has 0 aliphatic carbocycles. The molecule has 132 valence electrons. The summed E-state index contributed by atoms with van der Waals surface area (Å²) in [6.07, 6.45) is -4.72. The highest BCUT2D eigenvalue weighted by molar-refractivity contribution is 7.52. The second-order valence-corrected chi connectivity index (χ2v) is 7.35. The molecule has 24 heavy (non-hydrogen) atoms. The number of aromatic nitrogens is 2. The monoisotopic (exact) mass is 363 g/mol. The summed E-state index contributed by atoms with van der Waals surface area (Å²) in [5.74, 6) is -2.78. The number of aromatic amines is 1. The molecule has 1 unspecified atom stereocenters. The molecule has 0 spiro atoms. The predicted octanol–water partition coefficient (Wildman–Crippen LogP) is -2.52. The molecule has 13 nitrogen and oxygen atoms in total. The van der Waals surface area contributed by atoms with Gasteiger partial charge in [0.15, 0.2) is 30.8 Å². The van der Waals surface area contributed by atoms with Gasteiger partial charge >= 0.3 is 7.60 Å². The van der Waals surface area contributed by atoms with Gasteiger partial charge in [-0.2, -0.15) is 4.98 Å². The molecule has 0 aromatic carbocycles. The van der Waals surface area contributed by atoms with Crippen molar-refractivity contribution in [2.75, 3.05) is 22.7 Å². The zero-order valence-corrected chi connectivity index (χ0v) is 12.8. The van der Waals surface area contributed by atoms with Crippen LogP contribution in [0.5, 0.6) is 0 Å². The van der Waals surface area contributed by atoms with Crippen LogP contribution >= 0.6 is 7.60 Å². The summed E-state index contributed by atoms with van der Waals surface area (Å²) in [6.45, 7) is 0. The van der Waals surface area contributed by atoms with E-state index in [0.29, 0.717) is 0 Å². The molecule has 1 aromatic heterocycles. The van der Waals surface area contributed by atoms with Crippen LogP contribution in [0.25, 0.3) is 0 Å². The molecular formula is C10H14N5O8P. The van der Waals surface area contributed by atoms with Gasteiger partial charge in [-0.15, -0.1) is 0 Å². The zero-order valence-electron chi connectivity index (χ0n) is 11.9. The molecule has 1 aromatic rings. The molecule has 4 rings (SSSR count). The molecule has 3 aliphatic heterocycles. The lowest BCUT2D eigenvalue weighted by molar-refractivity contribution is -0.352. The normalized spacial score (nSPS) is 39.6. The summed E-state index contributed by atoms with van der Waals surface area (Å²) >= 11 is 0. The molecule has 0 saturated carbocycles. The van der Waals surface area contributed by atoms with E-state index in [-0.39, 0.29) is 17.5 Å². The molecular weight excluding hydrogens is 349 g/mol. The summed E-state index contributed by atoms with van der Waals surface area (Å²) in [5.41, 5.74) is 4.73. The number of anilines is 3. The van der Waals surface area contributed by atoms with Crippen LogP contribution in [0.3, 0.4) is 0 Å². The van der Waals surface area contributed by atoms with Gasteiger partial charge in [0.05, 0.1) is 0 Å². The SMILES string of the molecule is Nc1nc2c(c(=O)[nH]1)N[C@@H]1[C@H](N2)O[C@@H]2OCP(=O)(O)O[C@@H]2C1(O)O. The molecule has 4 heterocycles. The minimum absolute atomic E-state index is 0.0521. The molecule has 8 N–H and O–H groups in total. The van der Waals surface area contributed by atoms with Crippen LogP contribution in [0.1, 0.15) is 0 Å². The third kappa shape index (κ3) is 2.29. The van der Waals surface area contributed by atoms with Gasteiger partial charge in [0.2, 0.25) is 11.7 Å². The highest BCUT2D eigenvalue weighted by Crippen LogP contribution is 2.52. The van der Waals surface area contributed by atoms with E-state index in [4.69, 9.17) is 19.7 Å². The first kappa shape index (κ1) is 15.8. The van der Waals surface area contributed by atoms with Gasteiger partial charge < -0.3 is 40.9 Å². The Morgan fingerprint density at radius 3 is 2.88 bits per heavy atom. The quantitative estimate of drug-likeness (QED) is 0.189. The fourth-order valence-corrected chi connectivity index (χ4v) is 3.85. The lowest BCUT2D eigenvalue weighted by atomic mass is 9.94. The summed E-state index contributed by atoms with van der Waals surface area (Å²) in [6, 6.07) is -1.32. The maximum atomic E-state index is 11.9. The number of H-pyrrole nitrogens is 1. The maximum absolute atomic E-state index is 11.9. The number of rotatable bonds is 0. The summed E-state index contributed by atoms with van der Waals surface area (Å²) in [4.78, 5) is 27.6. The molecule has 0 bridgehead atoms. The average Bonchev–Trinajstić information content (AvgIpc) is 2.47. The minimum Gasteiger partial charge on any atom is -0.369 e. The van der Waals surface area contributed by atoms with Gasteiger partial charge in [0.25, 0.3) is 5.56 Å². The van der Waals surface area contributed by atoms with Gasteiger partial charge in [-0.3, -0.25) is 18.9 Å². The molecule has 0 radical (unpaired) electrons. The second kappa shape index (κ2) is 4.89. The van der Waals surface area contributed by atoms with E-state index >= 15 is 0 Å². The highest BCUT2D eigenvalue weighted by atomic mass is 31.2. The van der Waals surface area contributed by atoms with Crippen molar-refractivity contribution < 1.29 is 33.7 Å². The van der Waals surface area contributed by atoms with Crippen LogP contribution in [0.15, 0.2) is 4.79 Å². The van der Waals surface area contributed by atoms with Gasteiger partial charge in [-0.25, -0.2) is 0 Å². The van der Waals surface area contributed by atoms with E-state index in [9.17, 15) is 24.5 Å². The smallest absolute Gasteiger partial charge is 0.354 e. The van der Waals surface area contributed by atoms with E-state index in [1.54, 1.807) is 0 Å². The Morgan fingerprint density at radius 1 is 1.38 bits per heavy atom. The van der Waals surface area contributed by atoms with Crippen molar-refractivity contribution in [3.63, 3.8) is 0 Å². The average molecular weight is 363 g/mol. The fourth-order valence-electron chi connectivity index (χ4n) is 2.84. The summed E-state index contributed by atoms with van der Waals surface area (Å²) in [5, 5.41) is 26.2. The van der Waals surface area contributed by atoms with Gasteiger partial charge in [-0.05, 0) is 0 Å². The first-order valence-corrected chi connectivity index (χ1v) is 8.58. The molecule has 2 saturated heterocycles. The fraction of sp³-hybridized carbons (Fsp3) is 0.600. The van der Waals surface area contributed by atoms with Gasteiger partial charge in [-0.1, -0.05) is 0 Å². The molecule has 3 aliphatic rings. The van der Waals surface area contributed by atoms with Crippen molar-refractivity contribution in [2.45, 2.75) is 30.5 Å². The Hall–Kier alpha value is -1.73. The highest BCUT2D eigenvalue weighted by Gasteiger charge is 2.62.